The molecule has 0 unspecified atom stereocenters. The largest absolute Gasteiger partial charge is 0.497 e. The number of ether oxygens (including phenoxy) is 2. The molecule has 0 saturated carbocycles. The second-order valence-electron chi connectivity index (χ2n) is 7.98. The monoisotopic (exact) mass is 435 g/mol. The number of methoxy groups -OCH3 is 2. The van der Waals surface area contributed by atoms with Crippen LogP contribution in [0.3, 0.4) is 0 Å². The van der Waals surface area contributed by atoms with Gasteiger partial charge in [0.15, 0.2) is 0 Å². The number of hydrogen-bond acceptors (Lipinski definition) is 4. The van der Waals surface area contributed by atoms with E-state index in [9.17, 15) is 14.3 Å². The number of fused-ring (bicyclic) bond motifs is 1. The van der Waals surface area contributed by atoms with Crippen LogP contribution in [0.4, 0.5) is 4.39 Å². The number of amides is 1. The topological polar surface area (TPSA) is 59.0 Å². The fraction of sp³-hybridized carbons (Fsp3) is 0.269. The molecule has 0 atom stereocenters. The van der Waals surface area contributed by atoms with Gasteiger partial charge in [0, 0.05) is 24.7 Å². The Labute approximate surface area is 187 Å². The highest BCUT2D eigenvalue weighted by atomic mass is 19.1. The fourth-order valence-corrected chi connectivity index (χ4v) is 4.30. The molecule has 1 amide bonds. The summed E-state index contributed by atoms with van der Waals surface area (Å²) in [5.74, 6) is 0.945. The first-order chi connectivity index (χ1) is 15.4. The van der Waals surface area contributed by atoms with Gasteiger partial charge in [-0.1, -0.05) is 6.07 Å². The van der Waals surface area contributed by atoms with E-state index in [2.05, 4.69) is 0 Å². The molecule has 1 heterocycles. The van der Waals surface area contributed by atoms with Gasteiger partial charge < -0.3 is 19.5 Å². The van der Waals surface area contributed by atoms with Crippen molar-refractivity contribution in [3.63, 3.8) is 0 Å². The summed E-state index contributed by atoms with van der Waals surface area (Å²) in [7, 11) is 3.19. The first kappa shape index (κ1) is 21.8. The zero-order valence-electron chi connectivity index (χ0n) is 18.4. The molecule has 5 nitrogen and oxygen atoms in total. The number of hydrogen-bond donors (Lipinski definition) is 1. The molecule has 3 aromatic rings. The van der Waals surface area contributed by atoms with Gasteiger partial charge in [-0.15, -0.1) is 0 Å². The van der Waals surface area contributed by atoms with Gasteiger partial charge in [-0.2, -0.15) is 0 Å². The number of carbonyl (C=O) groups is 1. The van der Waals surface area contributed by atoms with E-state index in [4.69, 9.17) is 9.47 Å². The molecule has 1 aliphatic rings. The Hall–Kier alpha value is -3.38. The van der Waals surface area contributed by atoms with Crippen LogP contribution in [0, 0.1) is 12.7 Å². The molecule has 1 N–H and O–H groups in total. The highest BCUT2D eigenvalue weighted by Gasteiger charge is 2.28. The minimum Gasteiger partial charge on any atom is -0.497 e. The van der Waals surface area contributed by atoms with Crippen molar-refractivity contribution in [2.45, 2.75) is 26.5 Å². The van der Waals surface area contributed by atoms with Crippen molar-refractivity contribution in [1.29, 1.82) is 0 Å². The van der Waals surface area contributed by atoms with Crippen molar-refractivity contribution in [2.75, 3.05) is 20.8 Å². The van der Waals surface area contributed by atoms with Crippen LogP contribution in [0.15, 0.2) is 48.5 Å². The SMILES string of the molecule is COc1cc(CN2CCc3c(cc(CO)cc3-c3ccc(F)cc3C)C2=O)cc(OC)c1. The van der Waals surface area contributed by atoms with Gasteiger partial charge in [-0.05, 0) is 83.1 Å². The highest BCUT2D eigenvalue weighted by molar-refractivity contribution is 5.99. The molecular formula is C26H26FNO4. The number of benzene rings is 3. The number of rotatable bonds is 6. The summed E-state index contributed by atoms with van der Waals surface area (Å²) in [6, 6.07) is 13.9. The van der Waals surface area contributed by atoms with Crippen molar-refractivity contribution in [2.24, 2.45) is 0 Å². The molecular weight excluding hydrogens is 409 g/mol. The summed E-state index contributed by atoms with van der Waals surface area (Å²) < 4.78 is 24.4. The molecule has 1 aliphatic heterocycles. The van der Waals surface area contributed by atoms with E-state index in [1.165, 1.54) is 12.1 Å². The van der Waals surface area contributed by atoms with E-state index < -0.39 is 0 Å². The van der Waals surface area contributed by atoms with E-state index in [0.717, 1.165) is 27.8 Å². The van der Waals surface area contributed by atoms with Crippen LogP contribution in [-0.2, 0) is 19.6 Å². The van der Waals surface area contributed by atoms with Gasteiger partial charge in [0.25, 0.3) is 5.91 Å². The second kappa shape index (κ2) is 9.01. The molecule has 0 saturated heterocycles. The van der Waals surface area contributed by atoms with E-state index in [-0.39, 0.29) is 18.3 Å². The zero-order chi connectivity index (χ0) is 22.8. The number of carbonyl (C=O) groups excluding carboxylic acids is 1. The lowest BCUT2D eigenvalue weighted by atomic mass is 9.87. The third kappa shape index (κ3) is 4.18. The van der Waals surface area contributed by atoms with Crippen LogP contribution >= 0.6 is 0 Å². The van der Waals surface area contributed by atoms with E-state index in [1.54, 1.807) is 37.3 Å². The van der Waals surface area contributed by atoms with Gasteiger partial charge in [-0.25, -0.2) is 4.39 Å². The number of aliphatic hydroxyl groups is 1. The Morgan fingerprint density at radius 1 is 0.938 bits per heavy atom. The Bertz CT molecular complexity index is 1150. The second-order valence-corrected chi connectivity index (χ2v) is 7.98. The molecule has 3 aromatic carbocycles. The lowest BCUT2D eigenvalue weighted by molar-refractivity contribution is 0.0726. The van der Waals surface area contributed by atoms with Crippen molar-refractivity contribution < 1.29 is 23.8 Å². The van der Waals surface area contributed by atoms with Crippen LogP contribution in [0.25, 0.3) is 11.1 Å². The number of aryl methyl sites for hydroxylation is 1. The Kier molecular flexibility index (Phi) is 6.15. The Morgan fingerprint density at radius 2 is 1.62 bits per heavy atom. The maximum Gasteiger partial charge on any atom is 0.254 e. The van der Waals surface area contributed by atoms with Crippen molar-refractivity contribution >= 4 is 5.91 Å². The van der Waals surface area contributed by atoms with Crippen LogP contribution in [0.2, 0.25) is 0 Å². The maximum absolute atomic E-state index is 13.7. The fourth-order valence-electron chi connectivity index (χ4n) is 4.30. The number of aliphatic hydroxyl groups excluding tert-OH is 1. The lowest BCUT2D eigenvalue weighted by Crippen LogP contribution is -2.37. The van der Waals surface area contributed by atoms with Crippen molar-refractivity contribution in [3.05, 3.63) is 82.2 Å². The first-order valence-electron chi connectivity index (χ1n) is 10.5. The average Bonchev–Trinajstić information content (AvgIpc) is 2.80. The minimum atomic E-state index is -0.297. The smallest absolute Gasteiger partial charge is 0.254 e. The van der Waals surface area contributed by atoms with Crippen LogP contribution in [0.1, 0.15) is 32.6 Å². The predicted molar refractivity (Wildman–Crippen MR) is 120 cm³/mol. The van der Waals surface area contributed by atoms with Crippen molar-refractivity contribution in [3.8, 4) is 22.6 Å². The Morgan fingerprint density at radius 3 is 2.25 bits per heavy atom. The van der Waals surface area contributed by atoms with Gasteiger partial charge in [0.2, 0.25) is 0 Å². The van der Waals surface area contributed by atoms with Gasteiger partial charge >= 0.3 is 0 Å². The summed E-state index contributed by atoms with van der Waals surface area (Å²) in [6.45, 7) is 2.64. The Balaban J connectivity index is 1.72. The standard InChI is InChI=1S/C26H26FNO4/c1-16-8-19(27)4-5-22(16)24-11-18(15-29)12-25-23(24)6-7-28(26(25)30)14-17-9-20(31-2)13-21(10-17)32-3/h4-5,8-13,29H,6-7,14-15H2,1-3H3. The predicted octanol–water partition coefficient (Wildman–Crippen LogP) is 4.51. The van der Waals surface area contributed by atoms with E-state index in [1.807, 2.05) is 25.1 Å². The molecule has 0 aliphatic carbocycles. The molecule has 4 rings (SSSR count). The number of halogens is 1. The average molecular weight is 435 g/mol. The molecule has 166 valence electrons. The van der Waals surface area contributed by atoms with Crippen molar-refractivity contribution in [1.82, 2.24) is 4.90 Å². The highest BCUT2D eigenvalue weighted by Crippen LogP contribution is 2.35. The molecule has 0 radical (unpaired) electrons. The van der Waals surface area contributed by atoms with E-state index in [0.29, 0.717) is 42.1 Å². The summed E-state index contributed by atoms with van der Waals surface area (Å²) in [5, 5.41) is 9.81. The quantitative estimate of drug-likeness (QED) is 0.619. The normalized spacial score (nSPS) is 13.2. The summed E-state index contributed by atoms with van der Waals surface area (Å²) in [5.41, 5.74) is 5.61. The maximum atomic E-state index is 13.7. The third-order valence-electron chi connectivity index (χ3n) is 5.90. The summed E-state index contributed by atoms with van der Waals surface area (Å²) in [4.78, 5) is 15.2. The lowest BCUT2D eigenvalue weighted by Gasteiger charge is -2.31. The first-order valence-corrected chi connectivity index (χ1v) is 10.5. The number of nitrogens with zero attached hydrogens (tertiary/aromatic N) is 1. The molecule has 0 bridgehead atoms. The molecule has 0 aromatic heterocycles. The van der Waals surface area contributed by atoms with Gasteiger partial charge in [-0.3, -0.25) is 4.79 Å². The minimum absolute atomic E-state index is 0.0932. The van der Waals surface area contributed by atoms with Crippen LogP contribution in [0.5, 0.6) is 11.5 Å². The molecule has 6 heteroatoms. The van der Waals surface area contributed by atoms with Gasteiger partial charge in [0.1, 0.15) is 17.3 Å². The van der Waals surface area contributed by atoms with Crippen LogP contribution < -0.4 is 9.47 Å². The molecule has 0 spiro atoms. The third-order valence-corrected chi connectivity index (χ3v) is 5.90. The zero-order valence-corrected chi connectivity index (χ0v) is 18.4. The molecule has 32 heavy (non-hydrogen) atoms. The van der Waals surface area contributed by atoms with Gasteiger partial charge in [0.05, 0.1) is 20.8 Å². The summed E-state index contributed by atoms with van der Waals surface area (Å²) >= 11 is 0. The van der Waals surface area contributed by atoms with Crippen LogP contribution in [-0.4, -0.2) is 36.7 Å². The molecule has 0 fully saturated rings. The summed E-state index contributed by atoms with van der Waals surface area (Å²) in [6.07, 6.45) is 0.667. The van der Waals surface area contributed by atoms with E-state index >= 15 is 0 Å².